The summed E-state index contributed by atoms with van der Waals surface area (Å²) in [6.45, 7) is 2.86. The number of likely N-dealkylation sites (tertiary alicyclic amines) is 1. The highest BCUT2D eigenvalue weighted by Crippen LogP contribution is 2.44. The molecular formula is C21H25N2O2+. The summed E-state index contributed by atoms with van der Waals surface area (Å²) in [7, 11) is 0. The number of carbonyl (C=O) groups excluding carboxylic acids is 1. The van der Waals surface area contributed by atoms with Gasteiger partial charge in [0.2, 0.25) is 0 Å². The van der Waals surface area contributed by atoms with Crippen LogP contribution in [0, 0.1) is 5.92 Å². The summed E-state index contributed by atoms with van der Waals surface area (Å²) in [4.78, 5) is 14.4. The van der Waals surface area contributed by atoms with E-state index >= 15 is 0 Å². The highest BCUT2D eigenvalue weighted by Gasteiger charge is 2.30. The predicted molar refractivity (Wildman–Crippen MR) is 97.1 cm³/mol. The van der Waals surface area contributed by atoms with Crippen molar-refractivity contribution in [3.8, 4) is 11.1 Å². The Morgan fingerprint density at radius 3 is 2.36 bits per heavy atom. The number of hydrogen-bond donors (Lipinski definition) is 1. The van der Waals surface area contributed by atoms with Crippen LogP contribution in [0.15, 0.2) is 48.5 Å². The number of ether oxygens (including phenoxy) is 1. The highest BCUT2D eigenvalue weighted by atomic mass is 16.6. The first-order valence-corrected chi connectivity index (χ1v) is 9.17. The number of piperidine rings is 1. The Kier molecular flexibility index (Phi) is 4.45. The smallest absolute Gasteiger partial charge is 0.409 e. The van der Waals surface area contributed by atoms with Crippen LogP contribution < -0.4 is 5.73 Å². The number of quaternary nitrogens is 1. The first kappa shape index (κ1) is 16.2. The molecule has 4 rings (SSSR count). The standard InChI is InChI=1S/C21H24N2O2/c22-12-15-6-5-11-23(13-15)21(24)25-14-20-18-9-3-1-7-16(18)17-8-2-4-10-19(17)20/h1-4,7-10,15,20H,5-6,11-14,22H2/p+1/t15-/m0/s1. The molecule has 1 aliphatic carbocycles. The Morgan fingerprint density at radius 2 is 1.72 bits per heavy atom. The van der Waals surface area contributed by atoms with E-state index in [-0.39, 0.29) is 12.0 Å². The molecule has 1 amide bonds. The van der Waals surface area contributed by atoms with Gasteiger partial charge < -0.3 is 15.4 Å². The zero-order valence-corrected chi connectivity index (χ0v) is 14.5. The lowest BCUT2D eigenvalue weighted by Crippen LogP contribution is -2.57. The third-order valence-electron chi connectivity index (χ3n) is 5.52. The summed E-state index contributed by atoms with van der Waals surface area (Å²) in [6.07, 6.45) is 2.03. The van der Waals surface area contributed by atoms with E-state index in [0.717, 1.165) is 32.5 Å². The number of carbonyl (C=O) groups is 1. The molecular weight excluding hydrogens is 312 g/mol. The van der Waals surface area contributed by atoms with Crippen LogP contribution in [0.1, 0.15) is 29.9 Å². The lowest BCUT2D eigenvalue weighted by atomic mass is 9.98. The number of hydrogen-bond acceptors (Lipinski definition) is 2. The van der Waals surface area contributed by atoms with Crippen molar-refractivity contribution in [2.24, 2.45) is 5.92 Å². The van der Waals surface area contributed by atoms with Crippen LogP contribution in [0.3, 0.4) is 0 Å². The van der Waals surface area contributed by atoms with Gasteiger partial charge in [-0.05, 0) is 35.1 Å². The van der Waals surface area contributed by atoms with Gasteiger partial charge >= 0.3 is 6.09 Å². The largest absolute Gasteiger partial charge is 0.448 e. The molecule has 4 nitrogen and oxygen atoms in total. The molecule has 2 aromatic rings. The molecule has 130 valence electrons. The van der Waals surface area contributed by atoms with Crippen LogP contribution in [-0.2, 0) is 4.74 Å². The van der Waals surface area contributed by atoms with Crippen molar-refractivity contribution in [3.05, 3.63) is 59.7 Å². The SMILES string of the molecule is [NH3+]C[C@@H]1CCCN(C(=O)OCC2c3ccccc3-c3ccccc32)C1. The van der Waals surface area contributed by atoms with E-state index in [4.69, 9.17) is 4.74 Å². The molecule has 25 heavy (non-hydrogen) atoms. The number of benzene rings is 2. The molecule has 0 unspecified atom stereocenters. The summed E-state index contributed by atoms with van der Waals surface area (Å²) in [5.41, 5.74) is 9.01. The molecule has 0 radical (unpaired) electrons. The monoisotopic (exact) mass is 337 g/mol. The average Bonchev–Trinajstić information content (AvgIpc) is 3.00. The molecule has 1 saturated heterocycles. The van der Waals surface area contributed by atoms with E-state index in [1.807, 2.05) is 4.90 Å². The Morgan fingerprint density at radius 1 is 1.08 bits per heavy atom. The van der Waals surface area contributed by atoms with Crippen LogP contribution in [-0.4, -0.2) is 37.2 Å². The van der Waals surface area contributed by atoms with E-state index in [1.165, 1.54) is 22.3 Å². The number of amides is 1. The fraction of sp³-hybridized carbons (Fsp3) is 0.381. The molecule has 3 N–H and O–H groups in total. The number of nitrogens with zero attached hydrogens (tertiary/aromatic N) is 1. The molecule has 2 aromatic carbocycles. The van der Waals surface area contributed by atoms with Crippen LogP contribution in [0.4, 0.5) is 4.79 Å². The zero-order chi connectivity index (χ0) is 17.2. The van der Waals surface area contributed by atoms with E-state index in [9.17, 15) is 4.79 Å². The molecule has 2 aliphatic rings. The molecule has 1 aliphatic heterocycles. The van der Waals surface area contributed by atoms with Gasteiger partial charge in [-0.1, -0.05) is 48.5 Å². The lowest BCUT2D eigenvalue weighted by Gasteiger charge is -2.30. The molecule has 1 heterocycles. The van der Waals surface area contributed by atoms with Gasteiger partial charge in [0.1, 0.15) is 6.61 Å². The molecule has 1 atom stereocenters. The minimum Gasteiger partial charge on any atom is -0.448 e. The topological polar surface area (TPSA) is 57.2 Å². The summed E-state index contributed by atoms with van der Waals surface area (Å²) >= 11 is 0. The van der Waals surface area contributed by atoms with Gasteiger partial charge in [-0.3, -0.25) is 0 Å². The van der Waals surface area contributed by atoms with Gasteiger partial charge in [0.15, 0.2) is 0 Å². The second-order valence-corrected chi connectivity index (χ2v) is 7.05. The van der Waals surface area contributed by atoms with E-state index < -0.39 is 0 Å². The third kappa shape index (κ3) is 3.02. The molecule has 0 aromatic heterocycles. The maximum Gasteiger partial charge on any atom is 0.409 e. The van der Waals surface area contributed by atoms with Crippen LogP contribution >= 0.6 is 0 Å². The van der Waals surface area contributed by atoms with Crippen molar-refractivity contribution in [3.63, 3.8) is 0 Å². The quantitative estimate of drug-likeness (QED) is 0.936. The van der Waals surface area contributed by atoms with Crippen molar-refractivity contribution in [1.29, 1.82) is 0 Å². The van der Waals surface area contributed by atoms with Gasteiger partial charge in [-0.25, -0.2) is 4.79 Å². The minimum atomic E-state index is -0.181. The first-order chi connectivity index (χ1) is 12.3. The van der Waals surface area contributed by atoms with Crippen molar-refractivity contribution in [1.82, 2.24) is 4.90 Å². The van der Waals surface area contributed by atoms with Crippen molar-refractivity contribution in [2.75, 3.05) is 26.2 Å². The van der Waals surface area contributed by atoms with E-state index in [2.05, 4.69) is 54.3 Å². The van der Waals surface area contributed by atoms with Gasteiger partial charge in [-0.2, -0.15) is 0 Å². The fourth-order valence-corrected chi connectivity index (χ4v) is 4.15. The van der Waals surface area contributed by atoms with Crippen LogP contribution in [0.5, 0.6) is 0 Å². The summed E-state index contributed by atoms with van der Waals surface area (Å²) in [5.74, 6) is 0.638. The molecule has 0 bridgehead atoms. The minimum absolute atomic E-state index is 0.129. The van der Waals surface area contributed by atoms with Crippen molar-refractivity contribution >= 4 is 6.09 Å². The Balaban J connectivity index is 1.49. The molecule has 4 heteroatoms. The van der Waals surface area contributed by atoms with Gasteiger partial charge in [0.25, 0.3) is 0 Å². The number of fused-ring (bicyclic) bond motifs is 3. The van der Waals surface area contributed by atoms with Crippen molar-refractivity contribution < 1.29 is 15.3 Å². The van der Waals surface area contributed by atoms with Gasteiger partial charge in [0.05, 0.1) is 6.54 Å². The highest BCUT2D eigenvalue weighted by molar-refractivity contribution is 5.79. The maximum atomic E-state index is 12.5. The Bertz CT molecular complexity index is 728. The normalized spacial score (nSPS) is 19.4. The summed E-state index contributed by atoms with van der Waals surface area (Å²) in [5, 5.41) is 0. The molecule has 0 saturated carbocycles. The fourth-order valence-electron chi connectivity index (χ4n) is 4.15. The van der Waals surface area contributed by atoms with Gasteiger partial charge in [0, 0.05) is 24.9 Å². The van der Waals surface area contributed by atoms with E-state index in [1.54, 1.807) is 0 Å². The summed E-state index contributed by atoms with van der Waals surface area (Å²) in [6, 6.07) is 16.8. The van der Waals surface area contributed by atoms with Crippen LogP contribution in [0.25, 0.3) is 11.1 Å². The molecule has 0 spiro atoms. The molecule has 1 fully saturated rings. The lowest BCUT2D eigenvalue weighted by molar-refractivity contribution is -0.380. The Labute approximate surface area is 148 Å². The third-order valence-corrected chi connectivity index (χ3v) is 5.52. The predicted octanol–water partition coefficient (Wildman–Crippen LogP) is 2.89. The second kappa shape index (κ2) is 6.89. The average molecular weight is 337 g/mol. The number of rotatable bonds is 3. The van der Waals surface area contributed by atoms with Gasteiger partial charge in [-0.15, -0.1) is 0 Å². The second-order valence-electron chi connectivity index (χ2n) is 7.05. The Hall–Kier alpha value is -2.33. The van der Waals surface area contributed by atoms with Crippen molar-refractivity contribution in [2.45, 2.75) is 18.8 Å². The van der Waals surface area contributed by atoms with E-state index in [0.29, 0.717) is 12.5 Å². The maximum absolute atomic E-state index is 12.5. The zero-order valence-electron chi connectivity index (χ0n) is 14.5. The first-order valence-electron chi connectivity index (χ1n) is 9.17. The summed E-state index contributed by atoms with van der Waals surface area (Å²) < 4.78 is 5.74. The van der Waals surface area contributed by atoms with Crippen LogP contribution in [0.2, 0.25) is 0 Å².